The summed E-state index contributed by atoms with van der Waals surface area (Å²) in [5, 5.41) is 1.84. The largest absolute Gasteiger partial charge is 0.338 e. The summed E-state index contributed by atoms with van der Waals surface area (Å²) in [6, 6.07) is 9.71. The zero-order chi connectivity index (χ0) is 19.0. The fraction of sp³-hybridized carbons (Fsp3) is 0.263. The molecular formula is C19H19N5O2S. The second kappa shape index (κ2) is 6.96. The minimum atomic E-state index is -0.161. The van der Waals surface area contributed by atoms with Crippen molar-refractivity contribution < 1.29 is 4.79 Å². The smallest absolute Gasteiger partial charge is 0.268 e. The molecule has 0 atom stereocenters. The summed E-state index contributed by atoms with van der Waals surface area (Å²) in [6.45, 7) is 2.77. The number of hydrogen-bond acceptors (Lipinski definition) is 5. The number of aryl methyl sites for hydroxylation is 2. The molecule has 138 valence electrons. The van der Waals surface area contributed by atoms with E-state index in [-0.39, 0.29) is 18.0 Å². The number of carbonyl (C=O) groups excluding carboxylic acids is 1. The zero-order valence-electron chi connectivity index (χ0n) is 15.1. The molecule has 4 rings (SSSR count). The van der Waals surface area contributed by atoms with Crippen LogP contribution in [-0.4, -0.2) is 37.4 Å². The standard InChI is InChI=1S/C19H19N5O2S/c1-12-20-13-5-3-4-6-15(13)24(12)9-7-17(25)23(2)11-16-21-14-8-10-27-18(14)19(26)22-16/h3-6,8,10H,7,9,11H2,1-2H3,(H,21,22,26). The number of nitrogens with one attached hydrogen (secondary N) is 1. The minimum absolute atomic E-state index is 0.0137. The molecule has 1 aromatic carbocycles. The SMILES string of the molecule is Cc1nc2ccccc2n1CCC(=O)N(C)Cc1nc2ccsc2c(=O)[nH]1. The first-order valence-electron chi connectivity index (χ1n) is 8.65. The second-order valence-electron chi connectivity index (χ2n) is 6.45. The molecule has 1 amide bonds. The molecule has 4 aromatic rings. The maximum absolute atomic E-state index is 12.6. The molecule has 0 radical (unpaired) electrons. The number of thiophene rings is 1. The van der Waals surface area contributed by atoms with Crippen LogP contribution >= 0.6 is 11.3 Å². The first-order valence-corrected chi connectivity index (χ1v) is 9.53. The Hall–Kier alpha value is -3.00. The maximum atomic E-state index is 12.6. The molecule has 0 aliphatic carbocycles. The number of para-hydroxylation sites is 2. The topological polar surface area (TPSA) is 83.9 Å². The van der Waals surface area contributed by atoms with Gasteiger partial charge in [0.2, 0.25) is 5.91 Å². The third-order valence-corrected chi connectivity index (χ3v) is 5.47. The highest BCUT2D eigenvalue weighted by molar-refractivity contribution is 7.17. The lowest BCUT2D eigenvalue weighted by Crippen LogP contribution is -2.29. The average Bonchev–Trinajstić information content (AvgIpc) is 3.23. The first-order chi connectivity index (χ1) is 13.0. The predicted octanol–water partition coefficient (Wildman–Crippen LogP) is 2.69. The highest BCUT2D eigenvalue weighted by atomic mass is 32.1. The Morgan fingerprint density at radius 3 is 2.89 bits per heavy atom. The predicted molar refractivity (Wildman–Crippen MR) is 106 cm³/mol. The molecule has 8 heteroatoms. The molecule has 0 bridgehead atoms. The summed E-state index contributed by atoms with van der Waals surface area (Å²) in [6.07, 6.45) is 0.350. The van der Waals surface area contributed by atoms with Gasteiger partial charge in [-0.15, -0.1) is 11.3 Å². The molecule has 27 heavy (non-hydrogen) atoms. The van der Waals surface area contributed by atoms with Crippen molar-refractivity contribution in [1.29, 1.82) is 0 Å². The number of fused-ring (bicyclic) bond motifs is 2. The number of carbonyl (C=O) groups is 1. The molecule has 3 heterocycles. The van der Waals surface area contributed by atoms with Crippen molar-refractivity contribution >= 4 is 38.5 Å². The molecule has 0 spiro atoms. The molecule has 0 saturated heterocycles. The molecule has 0 fully saturated rings. The van der Waals surface area contributed by atoms with E-state index in [1.54, 1.807) is 11.9 Å². The van der Waals surface area contributed by atoms with Crippen LogP contribution in [-0.2, 0) is 17.9 Å². The van der Waals surface area contributed by atoms with Crippen LogP contribution in [0.5, 0.6) is 0 Å². The van der Waals surface area contributed by atoms with Crippen LogP contribution in [0.3, 0.4) is 0 Å². The highest BCUT2D eigenvalue weighted by Crippen LogP contribution is 2.17. The normalized spacial score (nSPS) is 11.3. The van der Waals surface area contributed by atoms with Gasteiger partial charge < -0.3 is 14.5 Å². The van der Waals surface area contributed by atoms with E-state index in [1.165, 1.54) is 11.3 Å². The second-order valence-corrected chi connectivity index (χ2v) is 7.36. The number of aromatic nitrogens is 4. The van der Waals surface area contributed by atoms with Gasteiger partial charge in [-0.25, -0.2) is 9.97 Å². The molecule has 0 unspecified atom stereocenters. The van der Waals surface area contributed by atoms with Crippen molar-refractivity contribution in [3.63, 3.8) is 0 Å². The Kier molecular flexibility index (Phi) is 4.49. The Labute approximate surface area is 159 Å². The lowest BCUT2D eigenvalue weighted by atomic mass is 10.3. The number of nitrogens with zero attached hydrogens (tertiary/aromatic N) is 4. The fourth-order valence-corrected chi connectivity index (χ4v) is 3.91. The number of rotatable bonds is 5. The Morgan fingerprint density at radius 2 is 2.04 bits per heavy atom. The van der Waals surface area contributed by atoms with Crippen LogP contribution in [0.2, 0.25) is 0 Å². The van der Waals surface area contributed by atoms with Gasteiger partial charge in [-0.3, -0.25) is 9.59 Å². The first kappa shape index (κ1) is 17.4. The van der Waals surface area contributed by atoms with Gasteiger partial charge in [-0.05, 0) is 30.5 Å². The summed E-state index contributed by atoms with van der Waals surface area (Å²) in [4.78, 5) is 37.9. The number of hydrogen-bond donors (Lipinski definition) is 1. The molecule has 3 aromatic heterocycles. The number of aromatic amines is 1. The van der Waals surface area contributed by atoms with Crippen molar-refractivity contribution in [1.82, 2.24) is 24.4 Å². The minimum Gasteiger partial charge on any atom is -0.338 e. The molecule has 0 aliphatic rings. The molecule has 1 N–H and O–H groups in total. The van der Waals surface area contributed by atoms with Gasteiger partial charge in [0.25, 0.3) is 5.56 Å². The summed E-state index contributed by atoms with van der Waals surface area (Å²) in [5.74, 6) is 1.37. The Balaban J connectivity index is 1.45. The summed E-state index contributed by atoms with van der Waals surface area (Å²) in [5.41, 5.74) is 2.47. The van der Waals surface area contributed by atoms with Crippen LogP contribution in [0.4, 0.5) is 0 Å². The van der Waals surface area contributed by atoms with Crippen molar-refractivity contribution in [2.24, 2.45) is 0 Å². The van der Waals surface area contributed by atoms with Gasteiger partial charge in [0, 0.05) is 20.0 Å². The lowest BCUT2D eigenvalue weighted by molar-refractivity contribution is -0.130. The molecule has 0 saturated carbocycles. The lowest BCUT2D eigenvalue weighted by Gasteiger charge is -2.17. The van der Waals surface area contributed by atoms with Gasteiger partial charge in [0.1, 0.15) is 16.3 Å². The van der Waals surface area contributed by atoms with E-state index in [2.05, 4.69) is 19.5 Å². The third-order valence-electron chi connectivity index (χ3n) is 4.57. The van der Waals surface area contributed by atoms with Gasteiger partial charge >= 0.3 is 0 Å². The van der Waals surface area contributed by atoms with E-state index in [9.17, 15) is 9.59 Å². The number of amides is 1. The van der Waals surface area contributed by atoms with Crippen LogP contribution in [0.1, 0.15) is 18.1 Å². The van der Waals surface area contributed by atoms with Gasteiger partial charge in [0.15, 0.2) is 0 Å². The van der Waals surface area contributed by atoms with Crippen LogP contribution in [0, 0.1) is 6.92 Å². The average molecular weight is 381 g/mol. The van der Waals surface area contributed by atoms with E-state index in [4.69, 9.17) is 0 Å². The number of imidazole rings is 1. The molecular weight excluding hydrogens is 362 g/mol. The molecule has 7 nitrogen and oxygen atoms in total. The quantitative estimate of drug-likeness (QED) is 0.576. The Bertz CT molecular complexity index is 1190. The Morgan fingerprint density at radius 1 is 1.22 bits per heavy atom. The maximum Gasteiger partial charge on any atom is 0.268 e. The van der Waals surface area contributed by atoms with Crippen molar-refractivity contribution in [3.05, 3.63) is 57.7 Å². The molecule has 0 aliphatic heterocycles. The van der Waals surface area contributed by atoms with Crippen molar-refractivity contribution in [2.45, 2.75) is 26.4 Å². The van der Waals surface area contributed by atoms with E-state index in [0.717, 1.165) is 16.9 Å². The summed E-state index contributed by atoms with van der Waals surface area (Å²) in [7, 11) is 1.72. The fourth-order valence-electron chi connectivity index (χ4n) is 3.19. The van der Waals surface area contributed by atoms with Crippen molar-refractivity contribution in [3.8, 4) is 0 Å². The van der Waals surface area contributed by atoms with E-state index >= 15 is 0 Å². The monoisotopic (exact) mass is 381 g/mol. The van der Waals surface area contributed by atoms with E-state index in [1.807, 2.05) is 42.6 Å². The van der Waals surface area contributed by atoms with E-state index < -0.39 is 0 Å². The highest BCUT2D eigenvalue weighted by Gasteiger charge is 2.14. The third kappa shape index (κ3) is 3.35. The van der Waals surface area contributed by atoms with Crippen LogP contribution in [0.15, 0.2) is 40.5 Å². The van der Waals surface area contributed by atoms with Crippen LogP contribution in [0.25, 0.3) is 21.3 Å². The van der Waals surface area contributed by atoms with Gasteiger partial charge in [-0.1, -0.05) is 12.1 Å². The van der Waals surface area contributed by atoms with Crippen molar-refractivity contribution in [2.75, 3.05) is 7.05 Å². The van der Waals surface area contributed by atoms with E-state index in [0.29, 0.717) is 29.0 Å². The van der Waals surface area contributed by atoms with Crippen LogP contribution < -0.4 is 5.56 Å². The summed E-state index contributed by atoms with van der Waals surface area (Å²) < 4.78 is 2.66. The van der Waals surface area contributed by atoms with Gasteiger partial charge in [0.05, 0.1) is 23.1 Å². The number of benzene rings is 1. The number of H-pyrrole nitrogens is 1. The summed E-state index contributed by atoms with van der Waals surface area (Å²) >= 11 is 1.36. The zero-order valence-corrected chi connectivity index (χ0v) is 15.9. The van der Waals surface area contributed by atoms with Gasteiger partial charge in [-0.2, -0.15) is 0 Å².